The molecule has 6 rings (SSSR count). The molecule has 2 atom stereocenters. The zero-order valence-electron chi connectivity index (χ0n) is 32.1. The first-order chi connectivity index (χ1) is 26.8. The van der Waals surface area contributed by atoms with Gasteiger partial charge in [0.15, 0.2) is 40.6 Å². The van der Waals surface area contributed by atoms with E-state index in [1.165, 1.54) is 0 Å². The molecule has 1 amide bonds. The van der Waals surface area contributed by atoms with Crippen LogP contribution in [0.25, 0.3) is 0 Å². The van der Waals surface area contributed by atoms with E-state index in [1.54, 1.807) is 55.8 Å². The van der Waals surface area contributed by atoms with Crippen LogP contribution in [0.5, 0.6) is 51.7 Å². The Hall–Kier alpha value is -6.18. The minimum absolute atomic E-state index is 0.189. The van der Waals surface area contributed by atoms with Crippen molar-refractivity contribution in [2.45, 2.75) is 38.0 Å². The van der Waals surface area contributed by atoms with Crippen molar-refractivity contribution in [1.29, 1.82) is 0 Å². The van der Waals surface area contributed by atoms with Gasteiger partial charge in [0.05, 0.1) is 74.3 Å². The Morgan fingerprint density at radius 1 is 0.600 bits per heavy atom. The molecule has 55 heavy (non-hydrogen) atoms. The van der Waals surface area contributed by atoms with Crippen LogP contribution in [0, 0.1) is 0 Å². The molecule has 0 radical (unpaired) electrons. The predicted octanol–water partition coefficient (Wildman–Crippen LogP) is 7.09. The van der Waals surface area contributed by atoms with E-state index >= 15 is 0 Å². The zero-order valence-corrected chi connectivity index (χ0v) is 32.1. The maximum Gasteiger partial charge on any atom is 0.255 e. The monoisotopic (exact) mass is 757 g/mol. The molecule has 14 heteroatoms. The van der Waals surface area contributed by atoms with Crippen LogP contribution in [0.1, 0.15) is 65.0 Å². The summed E-state index contributed by atoms with van der Waals surface area (Å²) in [5.41, 5.74) is 4.36. The fraction of sp³-hybridized carbons (Fsp3) is 0.366. The first-order valence-electron chi connectivity index (χ1n) is 17.8. The zero-order chi connectivity index (χ0) is 38.9. The number of benzene rings is 4. The number of nitrogens with zero attached hydrogens (tertiary/aromatic N) is 1. The van der Waals surface area contributed by atoms with Crippen LogP contribution in [0.4, 0.5) is 5.69 Å². The molecule has 292 valence electrons. The molecule has 0 saturated carbocycles. The molecule has 0 saturated heterocycles. The van der Waals surface area contributed by atoms with Gasteiger partial charge in [0.2, 0.25) is 11.5 Å². The van der Waals surface area contributed by atoms with E-state index in [0.717, 1.165) is 41.6 Å². The van der Waals surface area contributed by atoms with Gasteiger partial charge in [-0.3, -0.25) is 4.79 Å². The molecular formula is C41H47N3O11. The van der Waals surface area contributed by atoms with Crippen molar-refractivity contribution >= 4 is 17.3 Å². The topological polar surface area (TPSA) is 146 Å². The van der Waals surface area contributed by atoms with Gasteiger partial charge < -0.3 is 58.1 Å². The first-order valence-corrected chi connectivity index (χ1v) is 17.8. The van der Waals surface area contributed by atoms with E-state index in [0.29, 0.717) is 82.7 Å². The fourth-order valence-corrected chi connectivity index (χ4v) is 6.53. The average molecular weight is 758 g/mol. The number of hydrogen-bond donors (Lipinski definition) is 2. The minimum atomic E-state index is -0.431. The van der Waals surface area contributed by atoms with Crippen molar-refractivity contribution in [1.82, 2.24) is 5.32 Å². The number of carbonyl (C=O) groups excluding carboxylic acids is 1. The minimum Gasteiger partial charge on any atom is -0.497 e. The van der Waals surface area contributed by atoms with Gasteiger partial charge in [-0.1, -0.05) is 11.2 Å². The summed E-state index contributed by atoms with van der Waals surface area (Å²) in [5.74, 6) is 4.75. The number of oxime groups is 1. The molecule has 2 unspecified atom stereocenters. The summed E-state index contributed by atoms with van der Waals surface area (Å²) in [6.07, 6.45) is 2.08. The molecule has 4 aromatic rings. The van der Waals surface area contributed by atoms with Crippen LogP contribution in [0.3, 0.4) is 0 Å². The van der Waals surface area contributed by atoms with Crippen molar-refractivity contribution in [3.63, 3.8) is 0 Å². The van der Waals surface area contributed by atoms with Gasteiger partial charge in [-0.2, -0.15) is 0 Å². The smallest absolute Gasteiger partial charge is 0.255 e. The summed E-state index contributed by atoms with van der Waals surface area (Å²) in [4.78, 5) is 18.7. The van der Waals surface area contributed by atoms with Crippen molar-refractivity contribution in [3.8, 4) is 51.7 Å². The molecule has 0 aromatic heterocycles. The Balaban J connectivity index is 1.02. The average Bonchev–Trinajstić information content (AvgIpc) is 3.72. The third kappa shape index (κ3) is 8.32. The van der Waals surface area contributed by atoms with Gasteiger partial charge in [0.1, 0.15) is 11.9 Å². The van der Waals surface area contributed by atoms with Gasteiger partial charge in [-0.15, -0.1) is 0 Å². The highest BCUT2D eigenvalue weighted by atomic mass is 16.6. The number of ether oxygens (including phenoxy) is 9. The van der Waals surface area contributed by atoms with Crippen LogP contribution in [-0.2, 0) is 4.84 Å². The number of carbonyl (C=O) groups is 1. The quantitative estimate of drug-likeness (QED) is 0.1000. The highest BCUT2D eigenvalue weighted by molar-refractivity contribution is 6.04. The van der Waals surface area contributed by atoms with Crippen LogP contribution in [0.15, 0.2) is 65.8 Å². The van der Waals surface area contributed by atoms with Gasteiger partial charge in [-0.05, 0) is 79.4 Å². The Morgan fingerprint density at radius 3 is 1.95 bits per heavy atom. The molecular weight excluding hydrogens is 710 g/mol. The molecule has 2 heterocycles. The SMILES string of the molecule is COc1ccc2c(c1)C(=O)NC(c1ccc(OCCCCCOc3c(OC)ccc(C4=NOC(c5cc(OC)c(OC)c(OC)c5)C4)c3OC)c(OC)c1)N2. The normalized spacial score (nSPS) is 15.7. The Morgan fingerprint density at radius 2 is 1.27 bits per heavy atom. The molecule has 2 aliphatic rings. The van der Waals surface area contributed by atoms with E-state index in [1.807, 2.05) is 54.6 Å². The summed E-state index contributed by atoms with van der Waals surface area (Å²) < 4.78 is 51.3. The molecule has 0 fully saturated rings. The summed E-state index contributed by atoms with van der Waals surface area (Å²) in [5, 5.41) is 10.8. The Bertz CT molecular complexity index is 1990. The lowest BCUT2D eigenvalue weighted by Crippen LogP contribution is -2.38. The Kier molecular flexibility index (Phi) is 12.4. The number of nitrogens with one attached hydrogen (secondary N) is 2. The second-order valence-corrected chi connectivity index (χ2v) is 12.6. The number of fused-ring (bicyclic) bond motifs is 1. The van der Waals surface area contributed by atoms with Crippen molar-refractivity contribution in [3.05, 3.63) is 82.9 Å². The van der Waals surface area contributed by atoms with Crippen LogP contribution in [-0.4, -0.2) is 74.6 Å². The van der Waals surface area contributed by atoms with E-state index in [2.05, 4.69) is 15.8 Å². The third-order valence-corrected chi connectivity index (χ3v) is 9.40. The van der Waals surface area contributed by atoms with Crippen LogP contribution < -0.4 is 53.3 Å². The summed E-state index contributed by atoms with van der Waals surface area (Å²) >= 11 is 0. The molecule has 0 spiro atoms. The second-order valence-electron chi connectivity index (χ2n) is 12.6. The lowest BCUT2D eigenvalue weighted by Gasteiger charge is -2.28. The molecule has 14 nitrogen and oxygen atoms in total. The fourth-order valence-electron chi connectivity index (χ4n) is 6.53. The van der Waals surface area contributed by atoms with Crippen LogP contribution in [0.2, 0.25) is 0 Å². The van der Waals surface area contributed by atoms with Crippen molar-refractivity contribution in [2.24, 2.45) is 5.16 Å². The molecule has 0 aliphatic carbocycles. The van der Waals surface area contributed by atoms with Crippen molar-refractivity contribution < 1.29 is 52.3 Å². The summed E-state index contributed by atoms with van der Waals surface area (Å²) in [6, 6.07) is 18.4. The van der Waals surface area contributed by atoms with Gasteiger partial charge in [-0.25, -0.2) is 0 Å². The molecule has 2 N–H and O–H groups in total. The van der Waals surface area contributed by atoms with E-state index in [4.69, 9.17) is 47.5 Å². The highest BCUT2D eigenvalue weighted by Gasteiger charge is 2.30. The van der Waals surface area contributed by atoms with Gasteiger partial charge in [0, 0.05) is 23.2 Å². The largest absolute Gasteiger partial charge is 0.497 e. The molecule has 4 aromatic carbocycles. The maximum atomic E-state index is 12.8. The number of hydrogen-bond acceptors (Lipinski definition) is 13. The summed E-state index contributed by atoms with van der Waals surface area (Å²) in [7, 11) is 11.1. The third-order valence-electron chi connectivity index (χ3n) is 9.40. The highest BCUT2D eigenvalue weighted by Crippen LogP contribution is 2.45. The van der Waals surface area contributed by atoms with E-state index in [9.17, 15) is 4.79 Å². The number of unbranched alkanes of at least 4 members (excludes halogenated alkanes) is 2. The van der Waals surface area contributed by atoms with Gasteiger partial charge in [0.25, 0.3) is 5.91 Å². The number of amides is 1. The number of rotatable bonds is 18. The number of anilines is 1. The lowest BCUT2D eigenvalue weighted by molar-refractivity contribution is 0.0853. The predicted molar refractivity (Wildman–Crippen MR) is 205 cm³/mol. The lowest BCUT2D eigenvalue weighted by atomic mass is 9.98. The maximum absolute atomic E-state index is 12.8. The summed E-state index contributed by atoms with van der Waals surface area (Å²) in [6.45, 7) is 0.916. The van der Waals surface area contributed by atoms with Crippen molar-refractivity contribution in [2.75, 3.05) is 68.3 Å². The van der Waals surface area contributed by atoms with Gasteiger partial charge >= 0.3 is 0 Å². The van der Waals surface area contributed by atoms with E-state index < -0.39 is 6.17 Å². The first kappa shape index (κ1) is 38.5. The van der Waals surface area contributed by atoms with Crippen LogP contribution >= 0.6 is 0 Å². The standard InChI is InChI=1S/C41H47N3O11/c1-46-26-12-14-29-28(22-26)41(45)43-40(42-29)24-11-15-31(34(19-24)48-3)53-17-9-8-10-18-54-39-32(47-2)16-13-27(37(39)51-6)30-23-33(55-44-30)25-20-35(49-4)38(52-7)36(21-25)50-5/h11-16,19-22,33,40,42H,8-10,17-18,23H2,1-7H3,(H,43,45). The second kappa shape index (κ2) is 17.8. The Labute approximate surface area is 320 Å². The molecule has 2 aliphatic heterocycles. The molecule has 0 bridgehead atoms. The number of methoxy groups -OCH3 is 7. The van der Waals surface area contributed by atoms with E-state index in [-0.39, 0.29) is 12.0 Å².